The van der Waals surface area contributed by atoms with E-state index in [-0.39, 0.29) is 5.91 Å². The van der Waals surface area contributed by atoms with E-state index in [4.69, 9.17) is 5.73 Å². The molecular weight excluding hydrogens is 308 g/mol. The fourth-order valence-corrected chi connectivity index (χ4v) is 2.83. The SMILES string of the molecule is N[C@@H](Cc1ccccc1)C(=O)N(Cc1ccccc1)c1ccccc1. The van der Waals surface area contributed by atoms with Crippen LogP contribution >= 0.6 is 0 Å². The molecule has 0 saturated heterocycles. The van der Waals surface area contributed by atoms with Crippen molar-refractivity contribution in [1.82, 2.24) is 0 Å². The summed E-state index contributed by atoms with van der Waals surface area (Å²) in [6, 6.07) is 29.0. The molecule has 0 bridgehead atoms. The van der Waals surface area contributed by atoms with Gasteiger partial charge in [0.1, 0.15) is 0 Å². The monoisotopic (exact) mass is 330 g/mol. The van der Waals surface area contributed by atoms with Crippen molar-refractivity contribution in [2.45, 2.75) is 19.0 Å². The van der Waals surface area contributed by atoms with E-state index in [1.807, 2.05) is 91.0 Å². The minimum absolute atomic E-state index is 0.0705. The van der Waals surface area contributed by atoms with Crippen LogP contribution in [0.15, 0.2) is 91.0 Å². The normalized spacial score (nSPS) is 11.7. The lowest BCUT2D eigenvalue weighted by atomic mass is 10.0. The summed E-state index contributed by atoms with van der Waals surface area (Å²) in [5.74, 6) is -0.0705. The van der Waals surface area contributed by atoms with Gasteiger partial charge in [0.05, 0.1) is 12.6 Å². The molecule has 3 rings (SSSR count). The third-order valence-corrected chi connectivity index (χ3v) is 4.13. The Hall–Kier alpha value is -2.91. The summed E-state index contributed by atoms with van der Waals surface area (Å²) in [6.45, 7) is 0.506. The topological polar surface area (TPSA) is 46.3 Å². The molecule has 1 atom stereocenters. The van der Waals surface area contributed by atoms with Gasteiger partial charge in [-0.05, 0) is 29.7 Å². The number of anilines is 1. The fourth-order valence-electron chi connectivity index (χ4n) is 2.83. The van der Waals surface area contributed by atoms with Gasteiger partial charge >= 0.3 is 0 Å². The van der Waals surface area contributed by atoms with E-state index in [1.165, 1.54) is 0 Å². The van der Waals surface area contributed by atoms with E-state index in [0.29, 0.717) is 13.0 Å². The van der Waals surface area contributed by atoms with E-state index in [2.05, 4.69) is 0 Å². The Bertz CT molecular complexity index is 788. The van der Waals surface area contributed by atoms with Gasteiger partial charge in [0.15, 0.2) is 0 Å². The molecule has 3 aromatic carbocycles. The molecule has 0 aliphatic heterocycles. The molecule has 126 valence electrons. The number of nitrogens with zero attached hydrogens (tertiary/aromatic N) is 1. The van der Waals surface area contributed by atoms with Crippen molar-refractivity contribution in [2.75, 3.05) is 4.90 Å². The molecule has 3 heteroatoms. The van der Waals surface area contributed by atoms with Gasteiger partial charge in [0.25, 0.3) is 0 Å². The number of hydrogen-bond acceptors (Lipinski definition) is 2. The molecule has 0 radical (unpaired) electrons. The second kappa shape index (κ2) is 8.27. The highest BCUT2D eigenvalue weighted by Crippen LogP contribution is 2.18. The molecule has 0 heterocycles. The summed E-state index contributed by atoms with van der Waals surface area (Å²) in [5, 5.41) is 0. The van der Waals surface area contributed by atoms with Gasteiger partial charge in [-0.15, -0.1) is 0 Å². The standard InChI is InChI=1S/C22H22N2O/c23-21(16-18-10-4-1-5-11-18)22(25)24(20-14-8-3-9-15-20)17-19-12-6-2-7-13-19/h1-15,21H,16-17,23H2/t21-/m0/s1. The molecule has 0 aliphatic rings. The molecular formula is C22H22N2O. The molecule has 0 saturated carbocycles. The Morgan fingerprint density at radius 1 is 0.760 bits per heavy atom. The van der Waals surface area contributed by atoms with E-state index in [0.717, 1.165) is 16.8 Å². The Kier molecular flexibility index (Phi) is 5.60. The summed E-state index contributed by atoms with van der Waals surface area (Å²) >= 11 is 0. The smallest absolute Gasteiger partial charge is 0.244 e. The zero-order valence-corrected chi connectivity index (χ0v) is 14.1. The summed E-state index contributed by atoms with van der Waals surface area (Å²) < 4.78 is 0. The highest BCUT2D eigenvalue weighted by molar-refractivity contribution is 5.97. The van der Waals surface area contributed by atoms with Crippen molar-refractivity contribution in [1.29, 1.82) is 0 Å². The van der Waals surface area contributed by atoms with Crippen LogP contribution in [0.1, 0.15) is 11.1 Å². The summed E-state index contributed by atoms with van der Waals surface area (Å²) in [7, 11) is 0. The minimum Gasteiger partial charge on any atom is -0.320 e. The van der Waals surface area contributed by atoms with Gasteiger partial charge in [0, 0.05) is 5.69 Å². The Labute approximate surface area is 148 Å². The average Bonchev–Trinajstić information content (AvgIpc) is 2.68. The van der Waals surface area contributed by atoms with Gasteiger partial charge in [0.2, 0.25) is 5.91 Å². The summed E-state index contributed by atoms with van der Waals surface area (Å²) in [4.78, 5) is 14.8. The highest BCUT2D eigenvalue weighted by Gasteiger charge is 2.22. The zero-order valence-electron chi connectivity index (χ0n) is 14.1. The number of hydrogen-bond donors (Lipinski definition) is 1. The maximum Gasteiger partial charge on any atom is 0.244 e. The predicted molar refractivity (Wildman–Crippen MR) is 102 cm³/mol. The van der Waals surface area contributed by atoms with Crippen LogP contribution in [0.2, 0.25) is 0 Å². The largest absolute Gasteiger partial charge is 0.320 e. The van der Waals surface area contributed by atoms with Gasteiger partial charge in [-0.3, -0.25) is 4.79 Å². The third-order valence-electron chi connectivity index (χ3n) is 4.13. The minimum atomic E-state index is -0.577. The number of benzene rings is 3. The molecule has 0 unspecified atom stereocenters. The van der Waals surface area contributed by atoms with Crippen LogP contribution in [0.25, 0.3) is 0 Å². The van der Waals surface area contributed by atoms with Crippen molar-refractivity contribution < 1.29 is 4.79 Å². The second-order valence-electron chi connectivity index (χ2n) is 6.04. The van der Waals surface area contributed by atoms with Crippen molar-refractivity contribution in [3.63, 3.8) is 0 Å². The number of carbonyl (C=O) groups is 1. The lowest BCUT2D eigenvalue weighted by Crippen LogP contribution is -2.44. The van der Waals surface area contributed by atoms with Gasteiger partial charge in [-0.2, -0.15) is 0 Å². The van der Waals surface area contributed by atoms with Crippen LogP contribution < -0.4 is 10.6 Å². The van der Waals surface area contributed by atoms with Gasteiger partial charge in [-0.1, -0.05) is 78.9 Å². The van der Waals surface area contributed by atoms with Crippen molar-refractivity contribution >= 4 is 11.6 Å². The van der Waals surface area contributed by atoms with E-state index in [1.54, 1.807) is 4.90 Å². The molecule has 0 spiro atoms. The number of carbonyl (C=O) groups excluding carboxylic acids is 1. The molecule has 3 nitrogen and oxygen atoms in total. The number of para-hydroxylation sites is 1. The van der Waals surface area contributed by atoms with Crippen molar-refractivity contribution in [2.24, 2.45) is 5.73 Å². The first-order valence-electron chi connectivity index (χ1n) is 8.44. The predicted octanol–water partition coefficient (Wildman–Crippen LogP) is 3.79. The molecule has 1 amide bonds. The van der Waals surface area contributed by atoms with E-state index < -0.39 is 6.04 Å². The first-order chi connectivity index (χ1) is 12.2. The average molecular weight is 330 g/mol. The summed E-state index contributed by atoms with van der Waals surface area (Å²) in [6.07, 6.45) is 0.526. The van der Waals surface area contributed by atoms with Crippen LogP contribution in [-0.4, -0.2) is 11.9 Å². The van der Waals surface area contributed by atoms with Crippen LogP contribution in [0.3, 0.4) is 0 Å². The lowest BCUT2D eigenvalue weighted by Gasteiger charge is -2.26. The highest BCUT2D eigenvalue weighted by atomic mass is 16.2. The quantitative estimate of drug-likeness (QED) is 0.747. The first-order valence-corrected chi connectivity index (χ1v) is 8.44. The van der Waals surface area contributed by atoms with E-state index in [9.17, 15) is 4.79 Å². The first kappa shape index (κ1) is 16.9. The fraction of sp³-hybridized carbons (Fsp3) is 0.136. The van der Waals surface area contributed by atoms with Crippen LogP contribution in [0, 0.1) is 0 Å². The summed E-state index contributed by atoms with van der Waals surface area (Å²) in [5.41, 5.74) is 9.25. The molecule has 0 aliphatic carbocycles. The Balaban J connectivity index is 1.81. The van der Waals surface area contributed by atoms with Crippen molar-refractivity contribution in [3.05, 3.63) is 102 Å². The van der Waals surface area contributed by atoms with Crippen LogP contribution in [-0.2, 0) is 17.8 Å². The molecule has 3 aromatic rings. The Morgan fingerprint density at radius 2 is 1.24 bits per heavy atom. The van der Waals surface area contributed by atoms with Crippen LogP contribution in [0.5, 0.6) is 0 Å². The molecule has 0 fully saturated rings. The molecule has 0 aromatic heterocycles. The molecule has 2 N–H and O–H groups in total. The van der Waals surface area contributed by atoms with Crippen LogP contribution in [0.4, 0.5) is 5.69 Å². The maximum atomic E-state index is 13.1. The number of nitrogens with two attached hydrogens (primary N) is 1. The Morgan fingerprint density at radius 3 is 1.80 bits per heavy atom. The number of rotatable bonds is 6. The van der Waals surface area contributed by atoms with Crippen molar-refractivity contribution in [3.8, 4) is 0 Å². The lowest BCUT2D eigenvalue weighted by molar-refractivity contribution is -0.120. The third kappa shape index (κ3) is 4.55. The van der Waals surface area contributed by atoms with E-state index >= 15 is 0 Å². The number of amides is 1. The zero-order chi connectivity index (χ0) is 17.5. The second-order valence-corrected chi connectivity index (χ2v) is 6.04. The van der Waals surface area contributed by atoms with Gasteiger partial charge < -0.3 is 10.6 Å². The molecule has 25 heavy (non-hydrogen) atoms. The maximum absolute atomic E-state index is 13.1. The van der Waals surface area contributed by atoms with Gasteiger partial charge in [-0.25, -0.2) is 0 Å².